The number of hydrogen-bond donors (Lipinski definition) is 3. The van der Waals surface area contributed by atoms with Gasteiger partial charge in [-0.3, -0.25) is 14.5 Å². The fourth-order valence-electron chi connectivity index (χ4n) is 4.50. The number of carbonyl (C=O) groups excluding carboxylic acids is 2. The Morgan fingerprint density at radius 1 is 1.14 bits per heavy atom. The topological polar surface area (TPSA) is 133 Å². The van der Waals surface area contributed by atoms with Crippen LogP contribution in [0.3, 0.4) is 0 Å². The molecule has 3 aliphatic rings. The predicted octanol–water partition coefficient (Wildman–Crippen LogP) is 2.61. The first-order valence-corrected chi connectivity index (χ1v) is 11.4. The predicted molar refractivity (Wildman–Crippen MR) is 125 cm³/mol. The van der Waals surface area contributed by atoms with Crippen molar-refractivity contribution >= 4 is 35.4 Å². The highest BCUT2D eigenvalue weighted by Crippen LogP contribution is 2.39. The van der Waals surface area contributed by atoms with Gasteiger partial charge in [-0.2, -0.15) is 0 Å². The number of aliphatic carboxylic acids is 2. The number of benzene rings is 1. The lowest BCUT2D eigenvalue weighted by molar-refractivity contribution is -0.140. The number of nitrogens with zero attached hydrogens (tertiary/aromatic N) is 1. The van der Waals surface area contributed by atoms with Crippen LogP contribution in [0.2, 0.25) is 5.02 Å². The molecule has 0 radical (unpaired) electrons. The molecule has 182 valence electrons. The number of amides is 2. The van der Waals surface area contributed by atoms with Gasteiger partial charge in [-0.05, 0) is 18.1 Å². The van der Waals surface area contributed by atoms with Gasteiger partial charge in [0.25, 0.3) is 5.91 Å². The summed E-state index contributed by atoms with van der Waals surface area (Å²) in [5, 5.41) is 22.6. The Labute approximate surface area is 206 Å². The summed E-state index contributed by atoms with van der Waals surface area (Å²) < 4.78 is 5.60. The standard InChI is InChI=1S/C25H23ClN2O7/c26-18-8-4-3-7-16(18)20-17(24(31)32)13-27-19(21(20)25(33)34)9-11-35-12-10-28-22(29)14-5-1-2-6-15(14)23(28)30/h1-5,7-8,13,15,20,27H,6,9-12H2,(H,31,32)(H,33,34). The van der Waals surface area contributed by atoms with E-state index in [0.29, 0.717) is 23.3 Å². The van der Waals surface area contributed by atoms with Crippen LogP contribution in [0.15, 0.2) is 71.1 Å². The number of fused-ring (bicyclic) bond motifs is 1. The quantitative estimate of drug-likeness (QED) is 0.349. The highest BCUT2D eigenvalue weighted by Gasteiger charge is 2.42. The molecule has 2 aliphatic heterocycles. The smallest absolute Gasteiger partial charge is 0.334 e. The Balaban J connectivity index is 1.43. The van der Waals surface area contributed by atoms with Gasteiger partial charge < -0.3 is 20.3 Å². The third kappa shape index (κ3) is 4.78. The lowest BCUT2D eigenvalue weighted by atomic mass is 9.81. The maximum absolute atomic E-state index is 12.5. The van der Waals surface area contributed by atoms with Gasteiger partial charge in [0.1, 0.15) is 0 Å². The number of likely N-dealkylation sites (tertiary alicyclic amines) is 1. The van der Waals surface area contributed by atoms with Crippen LogP contribution in [0.25, 0.3) is 0 Å². The van der Waals surface area contributed by atoms with E-state index in [0.717, 1.165) is 0 Å². The number of allylic oxidation sites excluding steroid dienone is 3. The third-order valence-electron chi connectivity index (χ3n) is 6.19. The summed E-state index contributed by atoms with van der Waals surface area (Å²) in [6.07, 6.45) is 7.20. The van der Waals surface area contributed by atoms with Crippen molar-refractivity contribution in [3.63, 3.8) is 0 Å². The van der Waals surface area contributed by atoms with Crippen LogP contribution in [0.4, 0.5) is 0 Å². The Kier molecular flexibility index (Phi) is 7.18. The molecule has 4 rings (SSSR count). The monoisotopic (exact) mass is 498 g/mol. The van der Waals surface area contributed by atoms with Crippen molar-refractivity contribution in [2.75, 3.05) is 19.8 Å². The first-order chi connectivity index (χ1) is 16.8. The average molecular weight is 499 g/mol. The molecule has 2 heterocycles. The molecule has 10 heteroatoms. The Bertz CT molecular complexity index is 1210. The fourth-order valence-corrected chi connectivity index (χ4v) is 4.75. The van der Waals surface area contributed by atoms with Crippen LogP contribution in [-0.2, 0) is 23.9 Å². The highest BCUT2D eigenvalue weighted by atomic mass is 35.5. The Hall–Kier alpha value is -3.69. The number of imide groups is 1. The minimum Gasteiger partial charge on any atom is -0.478 e. The molecule has 0 bridgehead atoms. The molecule has 9 nitrogen and oxygen atoms in total. The largest absolute Gasteiger partial charge is 0.478 e. The lowest BCUT2D eigenvalue weighted by Gasteiger charge is -2.27. The van der Waals surface area contributed by atoms with Gasteiger partial charge in [-0.1, -0.05) is 48.0 Å². The number of carbonyl (C=O) groups is 4. The molecule has 1 aromatic rings. The number of carboxylic acid groups (broad SMARTS) is 2. The maximum Gasteiger partial charge on any atom is 0.334 e. The average Bonchev–Trinajstić information content (AvgIpc) is 3.08. The molecule has 1 saturated heterocycles. The Morgan fingerprint density at radius 3 is 2.60 bits per heavy atom. The van der Waals surface area contributed by atoms with Crippen molar-refractivity contribution in [1.29, 1.82) is 0 Å². The molecule has 1 fully saturated rings. The molecule has 2 amide bonds. The summed E-state index contributed by atoms with van der Waals surface area (Å²) in [6.45, 7) is 0.272. The van der Waals surface area contributed by atoms with Gasteiger partial charge in [-0.25, -0.2) is 9.59 Å². The van der Waals surface area contributed by atoms with E-state index < -0.39 is 23.8 Å². The molecular formula is C25H23ClN2O7. The van der Waals surface area contributed by atoms with Gasteiger partial charge in [0.05, 0.1) is 42.7 Å². The van der Waals surface area contributed by atoms with E-state index in [-0.39, 0.29) is 54.2 Å². The van der Waals surface area contributed by atoms with Gasteiger partial charge in [0.15, 0.2) is 0 Å². The fraction of sp³-hybridized carbons (Fsp3) is 0.280. The van der Waals surface area contributed by atoms with Gasteiger partial charge in [0, 0.05) is 28.9 Å². The number of nitrogens with one attached hydrogen (secondary N) is 1. The minimum absolute atomic E-state index is 0.0880. The molecule has 0 saturated carbocycles. The van der Waals surface area contributed by atoms with E-state index >= 15 is 0 Å². The van der Waals surface area contributed by atoms with Crippen LogP contribution in [0.5, 0.6) is 0 Å². The molecular weight excluding hydrogens is 476 g/mol. The van der Waals surface area contributed by atoms with Crippen molar-refractivity contribution in [2.24, 2.45) is 5.92 Å². The molecule has 0 aromatic heterocycles. The van der Waals surface area contributed by atoms with Crippen molar-refractivity contribution in [1.82, 2.24) is 10.2 Å². The van der Waals surface area contributed by atoms with Crippen LogP contribution >= 0.6 is 11.6 Å². The molecule has 2 atom stereocenters. The number of hydrogen-bond acceptors (Lipinski definition) is 6. The summed E-state index contributed by atoms with van der Waals surface area (Å²) >= 11 is 6.27. The molecule has 3 N–H and O–H groups in total. The molecule has 0 spiro atoms. The molecule has 35 heavy (non-hydrogen) atoms. The summed E-state index contributed by atoms with van der Waals surface area (Å²) in [5.74, 6) is -4.59. The van der Waals surface area contributed by atoms with E-state index in [2.05, 4.69) is 5.32 Å². The van der Waals surface area contributed by atoms with Gasteiger partial charge in [-0.15, -0.1) is 0 Å². The van der Waals surface area contributed by atoms with Crippen molar-refractivity contribution in [2.45, 2.75) is 18.8 Å². The van der Waals surface area contributed by atoms with Crippen LogP contribution in [0.1, 0.15) is 24.3 Å². The Morgan fingerprint density at radius 2 is 1.91 bits per heavy atom. The summed E-state index contributed by atoms with van der Waals surface area (Å²) in [5.41, 5.74) is 0.887. The second-order valence-electron chi connectivity index (χ2n) is 8.20. The number of rotatable bonds is 9. The second kappa shape index (κ2) is 10.3. The van der Waals surface area contributed by atoms with Crippen molar-refractivity contribution in [3.05, 3.63) is 81.7 Å². The zero-order valence-corrected chi connectivity index (χ0v) is 19.3. The second-order valence-corrected chi connectivity index (χ2v) is 8.60. The maximum atomic E-state index is 12.5. The normalized spacial score (nSPS) is 21.5. The molecule has 2 unspecified atom stereocenters. The zero-order chi connectivity index (χ0) is 25.1. The lowest BCUT2D eigenvalue weighted by Crippen LogP contribution is -2.34. The van der Waals surface area contributed by atoms with E-state index in [1.54, 1.807) is 36.4 Å². The van der Waals surface area contributed by atoms with Crippen LogP contribution in [-0.4, -0.2) is 58.6 Å². The first-order valence-electron chi connectivity index (χ1n) is 11.0. The van der Waals surface area contributed by atoms with Crippen LogP contribution < -0.4 is 5.32 Å². The molecule has 1 aromatic carbocycles. The van der Waals surface area contributed by atoms with Crippen LogP contribution in [0, 0.1) is 5.92 Å². The van der Waals surface area contributed by atoms with Crippen molar-refractivity contribution < 1.29 is 34.1 Å². The number of ether oxygens (including phenoxy) is 1. The van der Waals surface area contributed by atoms with Gasteiger partial charge >= 0.3 is 11.9 Å². The highest BCUT2D eigenvalue weighted by molar-refractivity contribution is 6.31. The SMILES string of the molecule is O=C(O)C1=CNC(CCOCCN2C(=O)C3=CC=CCC3C2=O)=C(C(=O)O)C1c1ccccc1Cl. The summed E-state index contributed by atoms with van der Waals surface area (Å²) in [6, 6.07) is 6.50. The number of dihydropyridines is 1. The summed E-state index contributed by atoms with van der Waals surface area (Å²) in [7, 11) is 0. The zero-order valence-electron chi connectivity index (χ0n) is 18.6. The van der Waals surface area contributed by atoms with E-state index in [9.17, 15) is 29.4 Å². The van der Waals surface area contributed by atoms with Gasteiger partial charge in [0.2, 0.25) is 5.91 Å². The first kappa shape index (κ1) is 24.4. The number of halogens is 1. The minimum atomic E-state index is -1.28. The third-order valence-corrected chi connectivity index (χ3v) is 6.54. The van der Waals surface area contributed by atoms with E-state index in [1.165, 1.54) is 11.1 Å². The van der Waals surface area contributed by atoms with E-state index in [4.69, 9.17) is 16.3 Å². The van der Waals surface area contributed by atoms with E-state index in [1.807, 2.05) is 6.08 Å². The molecule has 1 aliphatic carbocycles. The number of carboxylic acids is 2. The van der Waals surface area contributed by atoms with Crippen molar-refractivity contribution in [3.8, 4) is 0 Å². The summed E-state index contributed by atoms with van der Waals surface area (Å²) in [4.78, 5) is 50.2.